The first kappa shape index (κ1) is 14.5. The molecule has 1 amide bonds. The first-order valence-corrected chi connectivity index (χ1v) is 7.15. The van der Waals surface area contributed by atoms with Crippen LogP contribution in [0.1, 0.15) is 12.5 Å². The van der Waals surface area contributed by atoms with Gasteiger partial charge in [0.25, 0.3) is 0 Å². The molecule has 0 aliphatic carbocycles. The number of rotatable bonds is 2. The van der Waals surface area contributed by atoms with Crippen LogP contribution in [-0.4, -0.2) is 48.2 Å². The van der Waals surface area contributed by atoms with Gasteiger partial charge in [-0.05, 0) is 54.5 Å². The highest BCUT2D eigenvalue weighted by Gasteiger charge is 2.37. The highest BCUT2D eigenvalue weighted by atomic mass is 79.9. The van der Waals surface area contributed by atoms with Crippen LogP contribution in [-0.2, 0) is 4.79 Å². The van der Waals surface area contributed by atoms with E-state index in [0.29, 0.717) is 6.54 Å². The minimum atomic E-state index is -0.461. The summed E-state index contributed by atoms with van der Waals surface area (Å²) in [5.41, 5.74) is 2.01. The van der Waals surface area contributed by atoms with Crippen LogP contribution in [0.5, 0.6) is 0 Å². The Balaban J connectivity index is 2.36. The molecule has 1 aromatic carbocycles. The molecule has 0 radical (unpaired) electrons. The zero-order chi connectivity index (χ0) is 14.2. The molecule has 2 atom stereocenters. The Morgan fingerprint density at radius 3 is 2.74 bits per heavy atom. The maximum Gasteiger partial charge on any atom is 0.246 e. The van der Waals surface area contributed by atoms with Crippen LogP contribution in [0.4, 0.5) is 5.69 Å². The van der Waals surface area contributed by atoms with Gasteiger partial charge < -0.3 is 10.0 Å². The summed E-state index contributed by atoms with van der Waals surface area (Å²) in [6.07, 6.45) is 0. The van der Waals surface area contributed by atoms with E-state index in [1.54, 1.807) is 4.90 Å². The monoisotopic (exact) mass is 326 g/mol. The van der Waals surface area contributed by atoms with E-state index in [1.165, 1.54) is 0 Å². The number of benzene rings is 1. The van der Waals surface area contributed by atoms with E-state index in [1.807, 2.05) is 37.1 Å². The maximum absolute atomic E-state index is 12.5. The van der Waals surface area contributed by atoms with Crippen LogP contribution in [0.3, 0.4) is 0 Å². The zero-order valence-electron chi connectivity index (χ0n) is 11.4. The molecule has 0 saturated carbocycles. The van der Waals surface area contributed by atoms with Crippen molar-refractivity contribution in [3.8, 4) is 0 Å². The van der Waals surface area contributed by atoms with Gasteiger partial charge in [-0.25, -0.2) is 0 Å². The van der Waals surface area contributed by atoms with Gasteiger partial charge in [-0.1, -0.05) is 6.07 Å². The molecular formula is C14H19BrN2O2. The van der Waals surface area contributed by atoms with Crippen molar-refractivity contribution in [1.82, 2.24) is 4.90 Å². The second kappa shape index (κ2) is 5.61. The van der Waals surface area contributed by atoms with Crippen LogP contribution in [0.15, 0.2) is 22.7 Å². The van der Waals surface area contributed by atoms with Crippen molar-refractivity contribution in [1.29, 1.82) is 0 Å². The number of halogens is 1. The Morgan fingerprint density at radius 1 is 1.47 bits per heavy atom. The largest absolute Gasteiger partial charge is 0.394 e. The Labute approximate surface area is 122 Å². The van der Waals surface area contributed by atoms with E-state index >= 15 is 0 Å². The van der Waals surface area contributed by atoms with E-state index < -0.39 is 6.04 Å². The van der Waals surface area contributed by atoms with Crippen LogP contribution >= 0.6 is 15.9 Å². The average Bonchev–Trinajstić information content (AvgIpc) is 2.35. The van der Waals surface area contributed by atoms with Crippen LogP contribution in [0.25, 0.3) is 0 Å². The number of carbonyl (C=O) groups is 1. The number of hydrogen-bond acceptors (Lipinski definition) is 3. The first-order valence-electron chi connectivity index (χ1n) is 6.36. The van der Waals surface area contributed by atoms with Crippen molar-refractivity contribution in [2.75, 3.05) is 25.1 Å². The Morgan fingerprint density at radius 2 is 2.16 bits per heavy atom. The quantitative estimate of drug-likeness (QED) is 0.901. The van der Waals surface area contributed by atoms with E-state index in [4.69, 9.17) is 0 Å². The van der Waals surface area contributed by atoms with E-state index in [0.717, 1.165) is 15.7 Å². The van der Waals surface area contributed by atoms with Crippen LogP contribution in [0, 0.1) is 6.92 Å². The second-order valence-corrected chi connectivity index (χ2v) is 5.97. The van der Waals surface area contributed by atoms with E-state index in [9.17, 15) is 9.90 Å². The molecule has 1 aliphatic rings. The number of aryl methyl sites for hydroxylation is 1. The summed E-state index contributed by atoms with van der Waals surface area (Å²) in [6, 6.07) is 5.69. The van der Waals surface area contributed by atoms with E-state index in [-0.39, 0.29) is 18.6 Å². The molecule has 1 N–H and O–H groups in total. The van der Waals surface area contributed by atoms with Crippen molar-refractivity contribution in [3.05, 3.63) is 28.2 Å². The highest BCUT2D eigenvalue weighted by molar-refractivity contribution is 9.10. The minimum Gasteiger partial charge on any atom is -0.394 e. The number of anilines is 1. The fourth-order valence-corrected chi connectivity index (χ4v) is 3.11. The molecule has 104 valence electrons. The number of nitrogens with zero attached hydrogens (tertiary/aromatic N) is 2. The Bertz CT molecular complexity index is 492. The Kier molecular flexibility index (Phi) is 4.28. The first-order chi connectivity index (χ1) is 8.95. The molecule has 1 aliphatic heterocycles. The summed E-state index contributed by atoms with van der Waals surface area (Å²) in [6.45, 7) is 4.55. The summed E-state index contributed by atoms with van der Waals surface area (Å²) < 4.78 is 0.911. The van der Waals surface area contributed by atoms with Crippen molar-refractivity contribution in [2.45, 2.75) is 25.9 Å². The van der Waals surface area contributed by atoms with Gasteiger partial charge >= 0.3 is 0 Å². The van der Waals surface area contributed by atoms with Gasteiger partial charge in [-0.3, -0.25) is 9.69 Å². The fourth-order valence-electron chi connectivity index (χ4n) is 2.40. The molecule has 1 heterocycles. The Hall–Kier alpha value is -0.910. The maximum atomic E-state index is 12.5. The lowest BCUT2D eigenvalue weighted by Gasteiger charge is -2.42. The summed E-state index contributed by atoms with van der Waals surface area (Å²) in [7, 11) is 1.88. The van der Waals surface area contributed by atoms with Crippen molar-refractivity contribution >= 4 is 27.5 Å². The molecule has 1 saturated heterocycles. The zero-order valence-corrected chi connectivity index (χ0v) is 13.0. The molecule has 2 rings (SSSR count). The van der Waals surface area contributed by atoms with Gasteiger partial charge in [-0.2, -0.15) is 0 Å². The number of likely N-dealkylation sites (N-methyl/N-ethyl adjacent to an activating group) is 1. The predicted molar refractivity (Wildman–Crippen MR) is 79.3 cm³/mol. The fraction of sp³-hybridized carbons (Fsp3) is 0.500. The number of piperazine rings is 1. The van der Waals surface area contributed by atoms with Crippen molar-refractivity contribution < 1.29 is 9.90 Å². The topological polar surface area (TPSA) is 43.8 Å². The number of aliphatic hydroxyl groups excluding tert-OH is 1. The smallest absolute Gasteiger partial charge is 0.246 e. The molecule has 1 aromatic rings. The van der Waals surface area contributed by atoms with Crippen LogP contribution < -0.4 is 4.90 Å². The standard InChI is InChI=1S/C14H19BrN2O2/c1-9-4-5-12(11(15)6-9)17-7-10(2)16(3)13(8-18)14(17)19/h4-6,10,13,18H,7-8H2,1-3H3. The third-order valence-electron chi connectivity index (χ3n) is 3.75. The summed E-state index contributed by atoms with van der Waals surface area (Å²) in [5.74, 6) is -0.0485. The number of amides is 1. The molecule has 2 unspecified atom stereocenters. The van der Waals surface area contributed by atoms with Gasteiger partial charge in [0.2, 0.25) is 5.91 Å². The third-order valence-corrected chi connectivity index (χ3v) is 4.39. The van der Waals surface area contributed by atoms with Gasteiger partial charge in [0.1, 0.15) is 6.04 Å². The lowest BCUT2D eigenvalue weighted by atomic mass is 10.1. The van der Waals surface area contributed by atoms with Gasteiger partial charge in [0.15, 0.2) is 0 Å². The van der Waals surface area contributed by atoms with Crippen molar-refractivity contribution in [3.63, 3.8) is 0 Å². The SMILES string of the molecule is Cc1ccc(N2CC(C)N(C)C(CO)C2=O)c(Br)c1. The lowest BCUT2D eigenvalue weighted by Crippen LogP contribution is -2.61. The molecule has 19 heavy (non-hydrogen) atoms. The molecule has 5 heteroatoms. The summed E-state index contributed by atoms with van der Waals surface area (Å²) >= 11 is 3.52. The van der Waals surface area contributed by atoms with Crippen LogP contribution in [0.2, 0.25) is 0 Å². The molecule has 0 spiro atoms. The normalized spacial score (nSPS) is 24.9. The van der Waals surface area contributed by atoms with Gasteiger partial charge in [0, 0.05) is 17.1 Å². The molecule has 1 fully saturated rings. The number of aliphatic hydroxyl groups is 1. The summed E-state index contributed by atoms with van der Waals surface area (Å²) in [4.78, 5) is 16.1. The number of carbonyl (C=O) groups excluding carboxylic acids is 1. The molecule has 0 aromatic heterocycles. The predicted octanol–water partition coefficient (Wildman–Crippen LogP) is 1.79. The third kappa shape index (κ3) is 2.68. The van der Waals surface area contributed by atoms with Crippen molar-refractivity contribution in [2.24, 2.45) is 0 Å². The second-order valence-electron chi connectivity index (χ2n) is 5.12. The summed E-state index contributed by atoms with van der Waals surface area (Å²) in [5, 5.41) is 9.43. The van der Waals surface area contributed by atoms with E-state index in [2.05, 4.69) is 22.9 Å². The molecule has 4 nitrogen and oxygen atoms in total. The average molecular weight is 327 g/mol. The van der Waals surface area contributed by atoms with Gasteiger partial charge in [0.05, 0.1) is 12.3 Å². The number of hydrogen-bond donors (Lipinski definition) is 1. The lowest BCUT2D eigenvalue weighted by molar-refractivity contribution is -0.128. The molecule has 0 bridgehead atoms. The highest BCUT2D eigenvalue weighted by Crippen LogP contribution is 2.30. The molecular weight excluding hydrogens is 308 g/mol. The minimum absolute atomic E-state index is 0.0485. The van der Waals surface area contributed by atoms with Gasteiger partial charge in [-0.15, -0.1) is 0 Å².